The van der Waals surface area contributed by atoms with Crippen LogP contribution in [0.2, 0.25) is 0 Å². The lowest BCUT2D eigenvalue weighted by molar-refractivity contribution is 0.0994. The third-order valence-corrected chi connectivity index (χ3v) is 2.51. The molecule has 0 fully saturated rings. The smallest absolute Gasteiger partial charge is 0.269 e. The normalized spacial score (nSPS) is 12.2. The molecule has 1 aromatic heterocycles. The first-order valence-electron chi connectivity index (χ1n) is 5.12. The number of carbonyl (C=O) groups excluding carboxylic acids is 1. The molecule has 0 aromatic carbocycles. The number of nitrogens with two attached hydrogens (primary N) is 2. The van der Waals surface area contributed by atoms with E-state index in [1.54, 1.807) is 12.1 Å². The molecule has 16 heavy (non-hydrogen) atoms. The number of aromatic nitrogens is 2. The lowest BCUT2D eigenvalue weighted by atomic mass is 10.2. The number of rotatable bonds is 5. The first-order chi connectivity index (χ1) is 7.56. The third-order valence-electron chi connectivity index (χ3n) is 2.51. The lowest BCUT2D eigenvalue weighted by Gasteiger charge is -2.24. The van der Waals surface area contributed by atoms with Crippen molar-refractivity contribution in [2.45, 2.75) is 19.4 Å². The molecule has 1 amide bonds. The van der Waals surface area contributed by atoms with Gasteiger partial charge in [0.1, 0.15) is 0 Å². The van der Waals surface area contributed by atoms with E-state index in [1.165, 1.54) is 0 Å². The van der Waals surface area contributed by atoms with Gasteiger partial charge in [-0.25, -0.2) is 0 Å². The summed E-state index contributed by atoms with van der Waals surface area (Å²) in [6, 6.07) is 3.56. The Hall–Kier alpha value is -1.69. The van der Waals surface area contributed by atoms with Crippen LogP contribution in [0.4, 0.5) is 5.82 Å². The third kappa shape index (κ3) is 2.90. The van der Waals surface area contributed by atoms with Crippen LogP contribution >= 0.6 is 0 Å². The average molecular weight is 223 g/mol. The molecule has 1 heterocycles. The molecular weight excluding hydrogens is 206 g/mol. The summed E-state index contributed by atoms with van der Waals surface area (Å²) >= 11 is 0. The maximum atomic E-state index is 10.8. The Morgan fingerprint density at radius 2 is 2.19 bits per heavy atom. The van der Waals surface area contributed by atoms with Crippen LogP contribution < -0.4 is 16.4 Å². The minimum Gasteiger partial charge on any atom is -0.364 e. The van der Waals surface area contributed by atoms with Crippen LogP contribution in [0.3, 0.4) is 0 Å². The summed E-state index contributed by atoms with van der Waals surface area (Å²) in [4.78, 5) is 12.8. The molecule has 6 heteroatoms. The van der Waals surface area contributed by atoms with Crippen molar-refractivity contribution in [3.63, 3.8) is 0 Å². The summed E-state index contributed by atoms with van der Waals surface area (Å²) in [5, 5.41) is 7.68. The van der Waals surface area contributed by atoms with Gasteiger partial charge in [0.25, 0.3) is 5.91 Å². The van der Waals surface area contributed by atoms with Gasteiger partial charge in [0.05, 0.1) is 0 Å². The maximum absolute atomic E-state index is 10.8. The number of primary amides is 1. The molecule has 6 nitrogen and oxygen atoms in total. The fraction of sp³-hybridized carbons (Fsp3) is 0.500. The van der Waals surface area contributed by atoms with Crippen LogP contribution in [0.15, 0.2) is 12.1 Å². The SMILES string of the molecule is CC(CCN)N(C)c1ccc(C(N)=O)nn1. The van der Waals surface area contributed by atoms with Crippen molar-refractivity contribution in [1.29, 1.82) is 0 Å². The summed E-state index contributed by atoms with van der Waals surface area (Å²) < 4.78 is 0. The highest BCUT2D eigenvalue weighted by Crippen LogP contribution is 2.12. The van der Waals surface area contributed by atoms with Crippen LogP contribution in [-0.4, -0.2) is 35.7 Å². The van der Waals surface area contributed by atoms with Gasteiger partial charge >= 0.3 is 0 Å². The molecule has 4 N–H and O–H groups in total. The van der Waals surface area contributed by atoms with Gasteiger partial charge in [0.15, 0.2) is 11.5 Å². The highest BCUT2D eigenvalue weighted by atomic mass is 16.1. The lowest BCUT2D eigenvalue weighted by Crippen LogP contribution is -2.31. The molecule has 0 aliphatic rings. The van der Waals surface area contributed by atoms with Gasteiger partial charge in [-0.1, -0.05) is 0 Å². The van der Waals surface area contributed by atoms with Gasteiger partial charge in [-0.3, -0.25) is 4.79 Å². The van der Waals surface area contributed by atoms with Gasteiger partial charge in [0.2, 0.25) is 0 Å². The Balaban J connectivity index is 2.77. The fourth-order valence-corrected chi connectivity index (χ4v) is 1.31. The number of carbonyl (C=O) groups is 1. The highest BCUT2D eigenvalue weighted by molar-refractivity contribution is 5.90. The molecule has 0 spiro atoms. The molecular formula is C10H17N5O. The van der Waals surface area contributed by atoms with Gasteiger partial charge < -0.3 is 16.4 Å². The van der Waals surface area contributed by atoms with E-state index in [4.69, 9.17) is 11.5 Å². The van der Waals surface area contributed by atoms with Crippen LogP contribution in [0, 0.1) is 0 Å². The Kier molecular flexibility index (Phi) is 4.19. The number of anilines is 1. The zero-order chi connectivity index (χ0) is 12.1. The summed E-state index contributed by atoms with van der Waals surface area (Å²) in [5.74, 6) is 0.127. The molecule has 0 saturated heterocycles. The predicted octanol–water partition coefficient (Wildman–Crippen LogP) is -0.251. The minimum absolute atomic E-state index is 0.170. The van der Waals surface area contributed by atoms with Crippen molar-refractivity contribution < 1.29 is 4.79 Å². The standard InChI is InChI=1S/C10H17N5O/c1-7(5-6-11)15(2)9-4-3-8(10(12)16)13-14-9/h3-4,7H,5-6,11H2,1-2H3,(H2,12,16). The summed E-state index contributed by atoms with van der Waals surface area (Å²) in [6.07, 6.45) is 0.871. The largest absolute Gasteiger partial charge is 0.364 e. The van der Waals surface area contributed by atoms with Crippen LogP contribution in [-0.2, 0) is 0 Å². The van der Waals surface area contributed by atoms with Crippen molar-refractivity contribution in [2.24, 2.45) is 11.5 Å². The zero-order valence-corrected chi connectivity index (χ0v) is 9.55. The van der Waals surface area contributed by atoms with Crippen molar-refractivity contribution in [2.75, 3.05) is 18.5 Å². The molecule has 0 bridgehead atoms. The number of hydrogen-bond acceptors (Lipinski definition) is 5. The minimum atomic E-state index is -0.572. The Labute approximate surface area is 94.6 Å². The molecule has 88 valence electrons. The van der Waals surface area contributed by atoms with E-state index in [-0.39, 0.29) is 11.7 Å². The Morgan fingerprint density at radius 3 is 2.62 bits per heavy atom. The quantitative estimate of drug-likeness (QED) is 0.717. The molecule has 0 saturated carbocycles. The van der Waals surface area contributed by atoms with E-state index < -0.39 is 5.91 Å². The molecule has 1 aromatic rings. The molecule has 0 radical (unpaired) electrons. The number of amides is 1. The number of hydrogen-bond donors (Lipinski definition) is 2. The summed E-state index contributed by atoms with van der Waals surface area (Å²) in [5.41, 5.74) is 10.7. The number of nitrogens with zero attached hydrogens (tertiary/aromatic N) is 3. The second-order valence-electron chi connectivity index (χ2n) is 3.68. The molecule has 0 aliphatic carbocycles. The van der Waals surface area contributed by atoms with E-state index in [1.807, 2.05) is 11.9 Å². The molecule has 1 atom stereocenters. The van der Waals surface area contributed by atoms with Crippen LogP contribution in [0.1, 0.15) is 23.8 Å². The Bertz CT molecular complexity index is 351. The van der Waals surface area contributed by atoms with Crippen LogP contribution in [0.5, 0.6) is 0 Å². The maximum Gasteiger partial charge on any atom is 0.269 e. The van der Waals surface area contributed by atoms with Crippen molar-refractivity contribution in [3.8, 4) is 0 Å². The van der Waals surface area contributed by atoms with E-state index in [9.17, 15) is 4.79 Å². The van der Waals surface area contributed by atoms with Gasteiger partial charge in [-0.15, -0.1) is 10.2 Å². The van der Waals surface area contributed by atoms with Gasteiger partial charge in [-0.2, -0.15) is 0 Å². The molecule has 1 rings (SSSR count). The van der Waals surface area contributed by atoms with Crippen molar-refractivity contribution in [1.82, 2.24) is 10.2 Å². The topological polar surface area (TPSA) is 98.1 Å². The highest BCUT2D eigenvalue weighted by Gasteiger charge is 2.11. The fourth-order valence-electron chi connectivity index (χ4n) is 1.31. The predicted molar refractivity (Wildman–Crippen MR) is 62.1 cm³/mol. The average Bonchev–Trinajstić information content (AvgIpc) is 2.28. The summed E-state index contributed by atoms with van der Waals surface area (Å²) in [6.45, 7) is 2.68. The van der Waals surface area contributed by atoms with Gasteiger partial charge in [0, 0.05) is 13.1 Å². The van der Waals surface area contributed by atoms with Crippen LogP contribution in [0.25, 0.3) is 0 Å². The van der Waals surface area contributed by atoms with E-state index in [2.05, 4.69) is 17.1 Å². The first kappa shape index (κ1) is 12.4. The monoisotopic (exact) mass is 223 g/mol. The van der Waals surface area contributed by atoms with Crippen molar-refractivity contribution in [3.05, 3.63) is 17.8 Å². The first-order valence-corrected chi connectivity index (χ1v) is 5.12. The molecule has 1 unspecified atom stereocenters. The zero-order valence-electron chi connectivity index (χ0n) is 9.55. The van der Waals surface area contributed by atoms with Crippen molar-refractivity contribution >= 4 is 11.7 Å². The summed E-state index contributed by atoms with van der Waals surface area (Å²) in [7, 11) is 1.91. The Morgan fingerprint density at radius 1 is 1.50 bits per heavy atom. The molecule has 0 aliphatic heterocycles. The van der Waals surface area contributed by atoms with E-state index >= 15 is 0 Å². The second kappa shape index (κ2) is 5.41. The van der Waals surface area contributed by atoms with E-state index in [0.717, 1.165) is 6.42 Å². The van der Waals surface area contributed by atoms with Gasteiger partial charge in [-0.05, 0) is 32.0 Å². The van der Waals surface area contributed by atoms with E-state index in [0.29, 0.717) is 12.4 Å². The second-order valence-corrected chi connectivity index (χ2v) is 3.68.